The molecular formula is C12H10ClNO. The molecule has 0 spiro atoms. The van der Waals surface area contributed by atoms with E-state index in [1.165, 1.54) is 0 Å². The van der Waals surface area contributed by atoms with E-state index < -0.39 is 0 Å². The summed E-state index contributed by atoms with van der Waals surface area (Å²) in [6, 6.07) is 12.2. The van der Waals surface area contributed by atoms with Crippen LogP contribution in [-0.2, 0) is 0 Å². The van der Waals surface area contributed by atoms with Crippen molar-refractivity contribution < 1.29 is 5.11 Å². The Kier molecular flexibility index (Phi) is 2.52. The quantitative estimate of drug-likeness (QED) is 0.723. The number of hydrogen-bond donors (Lipinski definition) is 2. The molecule has 0 atom stereocenters. The summed E-state index contributed by atoms with van der Waals surface area (Å²) in [7, 11) is 0. The molecule has 0 aliphatic heterocycles. The fraction of sp³-hybridized carbons (Fsp3) is 0. The Hall–Kier alpha value is -1.67. The lowest BCUT2D eigenvalue weighted by atomic mass is 10.0. The number of halogens is 1. The summed E-state index contributed by atoms with van der Waals surface area (Å²) >= 11 is 5.86. The zero-order chi connectivity index (χ0) is 10.8. The summed E-state index contributed by atoms with van der Waals surface area (Å²) in [5, 5.41) is 10.3. The van der Waals surface area contributed by atoms with Crippen LogP contribution in [0.5, 0.6) is 5.75 Å². The molecule has 2 aromatic rings. The lowest BCUT2D eigenvalue weighted by molar-refractivity contribution is 0.477. The maximum Gasteiger partial charge on any atom is 0.123 e. The van der Waals surface area contributed by atoms with E-state index in [2.05, 4.69) is 0 Å². The number of nitrogens with two attached hydrogens (primary N) is 1. The maximum atomic E-state index is 9.67. The molecule has 3 heteroatoms. The Balaban J connectivity index is 2.53. The Morgan fingerprint density at radius 3 is 2.33 bits per heavy atom. The minimum absolute atomic E-state index is 0.212. The number of phenols is 1. The molecule has 2 nitrogen and oxygen atoms in total. The van der Waals surface area contributed by atoms with Crippen LogP contribution in [0.2, 0.25) is 5.02 Å². The van der Waals surface area contributed by atoms with Crippen molar-refractivity contribution in [3.63, 3.8) is 0 Å². The van der Waals surface area contributed by atoms with Crippen molar-refractivity contribution in [2.24, 2.45) is 0 Å². The largest absolute Gasteiger partial charge is 0.507 e. The van der Waals surface area contributed by atoms with E-state index in [0.29, 0.717) is 16.3 Å². The molecule has 0 aromatic heterocycles. The summed E-state index contributed by atoms with van der Waals surface area (Å²) in [4.78, 5) is 0. The number of aromatic hydroxyl groups is 1. The second-order valence-corrected chi connectivity index (χ2v) is 3.72. The van der Waals surface area contributed by atoms with Crippen molar-refractivity contribution in [2.75, 3.05) is 5.73 Å². The molecule has 0 amide bonds. The molecule has 76 valence electrons. The average Bonchev–Trinajstić information content (AvgIpc) is 2.23. The molecule has 0 bridgehead atoms. The summed E-state index contributed by atoms with van der Waals surface area (Å²) in [6.07, 6.45) is 0. The van der Waals surface area contributed by atoms with E-state index in [1.54, 1.807) is 30.3 Å². The lowest BCUT2D eigenvalue weighted by Gasteiger charge is -2.05. The van der Waals surface area contributed by atoms with Crippen LogP contribution >= 0.6 is 11.6 Å². The SMILES string of the molecule is Nc1ccc(-c2cc(Cl)ccc2O)cc1. The van der Waals surface area contributed by atoms with E-state index >= 15 is 0 Å². The van der Waals surface area contributed by atoms with Gasteiger partial charge in [0, 0.05) is 16.3 Å². The first-order chi connectivity index (χ1) is 7.16. The van der Waals surface area contributed by atoms with Gasteiger partial charge in [0.2, 0.25) is 0 Å². The van der Waals surface area contributed by atoms with Gasteiger partial charge in [-0.3, -0.25) is 0 Å². The van der Waals surface area contributed by atoms with Gasteiger partial charge in [0.25, 0.3) is 0 Å². The van der Waals surface area contributed by atoms with Crippen LogP contribution in [0, 0.1) is 0 Å². The number of anilines is 1. The Morgan fingerprint density at radius 2 is 1.67 bits per heavy atom. The van der Waals surface area contributed by atoms with Gasteiger partial charge in [-0.1, -0.05) is 23.7 Å². The zero-order valence-corrected chi connectivity index (χ0v) is 8.70. The fourth-order valence-corrected chi connectivity index (χ4v) is 1.57. The van der Waals surface area contributed by atoms with Gasteiger partial charge >= 0.3 is 0 Å². The predicted molar refractivity (Wildman–Crippen MR) is 63.0 cm³/mol. The highest BCUT2D eigenvalue weighted by molar-refractivity contribution is 6.31. The van der Waals surface area contributed by atoms with E-state index in [9.17, 15) is 5.11 Å². The molecule has 0 fully saturated rings. The Labute approximate surface area is 92.9 Å². The van der Waals surface area contributed by atoms with Crippen LogP contribution in [0.25, 0.3) is 11.1 Å². The molecule has 2 rings (SSSR count). The van der Waals surface area contributed by atoms with Crippen LogP contribution in [0.3, 0.4) is 0 Å². The molecule has 0 saturated carbocycles. The van der Waals surface area contributed by atoms with Crippen molar-refractivity contribution >= 4 is 17.3 Å². The summed E-state index contributed by atoms with van der Waals surface area (Å²) in [6.45, 7) is 0. The molecule has 2 aromatic carbocycles. The van der Waals surface area contributed by atoms with Crippen molar-refractivity contribution in [2.45, 2.75) is 0 Å². The smallest absolute Gasteiger partial charge is 0.123 e. The number of benzene rings is 2. The standard InChI is InChI=1S/C12H10ClNO/c13-9-3-6-12(15)11(7-9)8-1-4-10(14)5-2-8/h1-7,15H,14H2. The first kappa shape index (κ1) is 9.87. The van der Waals surface area contributed by atoms with Crippen molar-refractivity contribution in [3.8, 4) is 16.9 Å². The van der Waals surface area contributed by atoms with Gasteiger partial charge in [-0.15, -0.1) is 0 Å². The van der Waals surface area contributed by atoms with Gasteiger partial charge in [-0.2, -0.15) is 0 Å². The second kappa shape index (κ2) is 3.83. The van der Waals surface area contributed by atoms with Gasteiger partial charge in [0.15, 0.2) is 0 Å². The lowest BCUT2D eigenvalue weighted by Crippen LogP contribution is -1.84. The highest BCUT2D eigenvalue weighted by Crippen LogP contribution is 2.31. The fourth-order valence-electron chi connectivity index (χ4n) is 1.40. The van der Waals surface area contributed by atoms with Gasteiger partial charge in [0.05, 0.1) is 0 Å². The molecule has 0 aliphatic rings. The van der Waals surface area contributed by atoms with E-state index in [4.69, 9.17) is 17.3 Å². The second-order valence-electron chi connectivity index (χ2n) is 3.28. The molecule has 0 unspecified atom stereocenters. The van der Waals surface area contributed by atoms with Crippen molar-refractivity contribution in [3.05, 3.63) is 47.5 Å². The first-order valence-electron chi connectivity index (χ1n) is 4.51. The van der Waals surface area contributed by atoms with Crippen molar-refractivity contribution in [1.29, 1.82) is 0 Å². The summed E-state index contributed by atoms with van der Waals surface area (Å²) < 4.78 is 0. The van der Waals surface area contributed by atoms with E-state index in [0.717, 1.165) is 5.56 Å². The third-order valence-corrected chi connectivity index (χ3v) is 2.42. The van der Waals surface area contributed by atoms with Crippen LogP contribution in [-0.4, -0.2) is 5.11 Å². The van der Waals surface area contributed by atoms with Gasteiger partial charge in [0.1, 0.15) is 5.75 Å². The molecule has 0 heterocycles. The van der Waals surface area contributed by atoms with Crippen LogP contribution in [0.4, 0.5) is 5.69 Å². The van der Waals surface area contributed by atoms with Gasteiger partial charge in [-0.25, -0.2) is 0 Å². The molecular weight excluding hydrogens is 210 g/mol. The van der Waals surface area contributed by atoms with Crippen LogP contribution in [0.15, 0.2) is 42.5 Å². The zero-order valence-electron chi connectivity index (χ0n) is 7.94. The minimum atomic E-state index is 0.212. The molecule has 3 N–H and O–H groups in total. The van der Waals surface area contributed by atoms with E-state index in [-0.39, 0.29) is 5.75 Å². The topological polar surface area (TPSA) is 46.2 Å². The average molecular weight is 220 g/mol. The summed E-state index contributed by atoms with van der Waals surface area (Å²) in [5.74, 6) is 0.212. The number of hydrogen-bond acceptors (Lipinski definition) is 2. The first-order valence-corrected chi connectivity index (χ1v) is 4.89. The number of rotatable bonds is 1. The normalized spacial score (nSPS) is 10.2. The molecule has 0 aliphatic carbocycles. The molecule has 0 saturated heterocycles. The van der Waals surface area contributed by atoms with Crippen LogP contribution in [0.1, 0.15) is 0 Å². The Morgan fingerprint density at radius 1 is 1.00 bits per heavy atom. The van der Waals surface area contributed by atoms with Crippen LogP contribution < -0.4 is 5.73 Å². The van der Waals surface area contributed by atoms with Crippen molar-refractivity contribution in [1.82, 2.24) is 0 Å². The highest BCUT2D eigenvalue weighted by atomic mass is 35.5. The number of phenolic OH excluding ortho intramolecular Hbond substituents is 1. The minimum Gasteiger partial charge on any atom is -0.507 e. The highest BCUT2D eigenvalue weighted by Gasteiger charge is 2.04. The number of nitrogen functional groups attached to an aromatic ring is 1. The summed E-state index contributed by atoms with van der Waals surface area (Å²) in [5.41, 5.74) is 7.88. The molecule has 0 radical (unpaired) electrons. The van der Waals surface area contributed by atoms with E-state index in [1.807, 2.05) is 12.1 Å². The predicted octanol–water partition coefficient (Wildman–Crippen LogP) is 3.29. The third-order valence-electron chi connectivity index (χ3n) is 2.18. The van der Waals surface area contributed by atoms with Gasteiger partial charge < -0.3 is 10.8 Å². The monoisotopic (exact) mass is 219 g/mol. The van der Waals surface area contributed by atoms with Gasteiger partial charge in [-0.05, 0) is 35.9 Å². The molecule has 15 heavy (non-hydrogen) atoms. The maximum absolute atomic E-state index is 9.67. The Bertz CT molecular complexity index is 479. The third kappa shape index (κ3) is 2.05.